The Bertz CT molecular complexity index is 753. The standard InChI is InChI=1S/C20H21F2NO2/c1-13-2-4-14(5-3-13)19(17-7-6-16(21)12-18(17)22)23-10-8-15(9-11-23)20(24)25/h2-7,12,15,19H,8-11H2,1H3,(H,24,25). The third-order valence-corrected chi connectivity index (χ3v) is 4.89. The molecule has 1 saturated heterocycles. The first-order chi connectivity index (χ1) is 12.0. The van der Waals surface area contributed by atoms with Crippen LogP contribution in [0.15, 0.2) is 42.5 Å². The topological polar surface area (TPSA) is 40.5 Å². The van der Waals surface area contributed by atoms with Gasteiger partial charge in [-0.3, -0.25) is 9.69 Å². The fraction of sp³-hybridized carbons (Fsp3) is 0.350. The number of carbonyl (C=O) groups is 1. The fourth-order valence-corrected chi connectivity index (χ4v) is 3.46. The molecule has 0 amide bonds. The quantitative estimate of drug-likeness (QED) is 0.905. The molecule has 0 spiro atoms. The van der Waals surface area contributed by atoms with E-state index in [4.69, 9.17) is 0 Å². The summed E-state index contributed by atoms with van der Waals surface area (Å²) in [5.41, 5.74) is 2.44. The van der Waals surface area contributed by atoms with Gasteiger partial charge in [-0.25, -0.2) is 8.78 Å². The Balaban J connectivity index is 1.95. The van der Waals surface area contributed by atoms with Gasteiger partial charge in [0.05, 0.1) is 12.0 Å². The molecule has 1 aliphatic heterocycles. The van der Waals surface area contributed by atoms with Crippen LogP contribution in [0.2, 0.25) is 0 Å². The molecule has 3 rings (SSSR count). The maximum atomic E-state index is 14.5. The summed E-state index contributed by atoms with van der Waals surface area (Å²) in [6.07, 6.45) is 1.06. The number of halogens is 2. The Hall–Kier alpha value is -2.27. The molecule has 2 aromatic carbocycles. The van der Waals surface area contributed by atoms with E-state index in [-0.39, 0.29) is 12.0 Å². The summed E-state index contributed by atoms with van der Waals surface area (Å²) < 4.78 is 27.8. The highest BCUT2D eigenvalue weighted by atomic mass is 19.1. The molecule has 1 N–H and O–H groups in total. The third kappa shape index (κ3) is 3.87. The summed E-state index contributed by atoms with van der Waals surface area (Å²) >= 11 is 0. The Kier molecular flexibility index (Phi) is 5.13. The maximum Gasteiger partial charge on any atom is 0.306 e. The van der Waals surface area contributed by atoms with Gasteiger partial charge in [0.1, 0.15) is 11.6 Å². The van der Waals surface area contributed by atoms with Crippen molar-refractivity contribution in [2.45, 2.75) is 25.8 Å². The Morgan fingerprint density at radius 2 is 1.76 bits per heavy atom. The Morgan fingerprint density at radius 1 is 1.12 bits per heavy atom. The summed E-state index contributed by atoms with van der Waals surface area (Å²) in [4.78, 5) is 13.3. The van der Waals surface area contributed by atoms with E-state index in [1.165, 1.54) is 12.1 Å². The van der Waals surface area contributed by atoms with Crippen LogP contribution in [0.4, 0.5) is 8.78 Å². The van der Waals surface area contributed by atoms with Gasteiger partial charge in [0, 0.05) is 11.6 Å². The van der Waals surface area contributed by atoms with Gasteiger partial charge < -0.3 is 5.11 Å². The van der Waals surface area contributed by atoms with Gasteiger partial charge in [-0.15, -0.1) is 0 Å². The predicted molar refractivity (Wildman–Crippen MR) is 91.3 cm³/mol. The molecule has 25 heavy (non-hydrogen) atoms. The first-order valence-electron chi connectivity index (χ1n) is 8.44. The molecule has 0 saturated carbocycles. The zero-order valence-electron chi connectivity index (χ0n) is 14.1. The molecule has 0 bridgehead atoms. The molecule has 1 aliphatic rings. The van der Waals surface area contributed by atoms with Crippen molar-refractivity contribution in [3.8, 4) is 0 Å². The second-order valence-electron chi connectivity index (χ2n) is 6.63. The number of aliphatic carboxylic acids is 1. The lowest BCUT2D eigenvalue weighted by Crippen LogP contribution is -2.39. The number of carboxylic acid groups (broad SMARTS) is 1. The van der Waals surface area contributed by atoms with Crippen molar-refractivity contribution in [3.05, 3.63) is 70.8 Å². The molecule has 132 valence electrons. The molecule has 1 heterocycles. The highest BCUT2D eigenvalue weighted by Gasteiger charge is 2.31. The molecule has 5 heteroatoms. The summed E-state index contributed by atoms with van der Waals surface area (Å²) in [6, 6.07) is 11.1. The van der Waals surface area contributed by atoms with Crippen LogP contribution in [0.3, 0.4) is 0 Å². The number of piperidine rings is 1. The number of nitrogens with zero attached hydrogens (tertiary/aromatic N) is 1. The SMILES string of the molecule is Cc1ccc(C(c2ccc(F)cc2F)N2CCC(C(=O)O)CC2)cc1. The van der Waals surface area contributed by atoms with Crippen LogP contribution in [0.1, 0.15) is 35.6 Å². The average Bonchev–Trinajstić information content (AvgIpc) is 2.59. The van der Waals surface area contributed by atoms with Crippen LogP contribution >= 0.6 is 0 Å². The smallest absolute Gasteiger partial charge is 0.306 e. The molecule has 1 atom stereocenters. The van der Waals surface area contributed by atoms with Crippen LogP contribution in [-0.2, 0) is 4.79 Å². The van der Waals surface area contributed by atoms with Gasteiger partial charge in [-0.1, -0.05) is 35.9 Å². The van der Waals surface area contributed by atoms with Crippen LogP contribution in [0, 0.1) is 24.5 Å². The molecular weight excluding hydrogens is 324 g/mol. The van der Waals surface area contributed by atoms with Crippen molar-refractivity contribution in [2.75, 3.05) is 13.1 Å². The second kappa shape index (κ2) is 7.31. The number of benzene rings is 2. The number of rotatable bonds is 4. The lowest BCUT2D eigenvalue weighted by atomic mass is 9.91. The normalized spacial score (nSPS) is 17.4. The van der Waals surface area contributed by atoms with Crippen molar-refractivity contribution >= 4 is 5.97 Å². The lowest BCUT2D eigenvalue weighted by Gasteiger charge is -2.37. The van der Waals surface area contributed by atoms with Crippen LogP contribution in [-0.4, -0.2) is 29.1 Å². The van der Waals surface area contributed by atoms with E-state index in [0.717, 1.165) is 17.2 Å². The lowest BCUT2D eigenvalue weighted by molar-refractivity contribution is -0.143. The Labute approximate surface area is 145 Å². The number of aryl methyl sites for hydroxylation is 1. The van der Waals surface area contributed by atoms with E-state index in [9.17, 15) is 18.7 Å². The van der Waals surface area contributed by atoms with E-state index < -0.39 is 17.6 Å². The van der Waals surface area contributed by atoms with E-state index in [2.05, 4.69) is 4.90 Å². The molecule has 1 fully saturated rings. The molecule has 0 radical (unpaired) electrons. The van der Waals surface area contributed by atoms with Crippen LogP contribution in [0.25, 0.3) is 0 Å². The molecule has 0 aromatic heterocycles. The highest BCUT2D eigenvalue weighted by Crippen LogP contribution is 2.34. The fourth-order valence-electron chi connectivity index (χ4n) is 3.46. The zero-order valence-corrected chi connectivity index (χ0v) is 14.1. The minimum Gasteiger partial charge on any atom is -0.481 e. The Morgan fingerprint density at radius 3 is 2.32 bits per heavy atom. The van der Waals surface area contributed by atoms with Crippen molar-refractivity contribution in [1.29, 1.82) is 0 Å². The third-order valence-electron chi connectivity index (χ3n) is 4.89. The van der Waals surface area contributed by atoms with Gasteiger partial charge in [-0.2, -0.15) is 0 Å². The molecule has 0 aliphatic carbocycles. The summed E-state index contributed by atoms with van der Waals surface area (Å²) in [5.74, 6) is -2.31. The van der Waals surface area contributed by atoms with Crippen molar-refractivity contribution in [1.82, 2.24) is 4.90 Å². The molecule has 2 aromatic rings. The minimum absolute atomic E-state index is 0.351. The van der Waals surface area contributed by atoms with Crippen molar-refractivity contribution < 1.29 is 18.7 Å². The van der Waals surface area contributed by atoms with Gasteiger partial charge in [0.2, 0.25) is 0 Å². The summed E-state index contributed by atoms with van der Waals surface area (Å²) in [5, 5.41) is 9.18. The summed E-state index contributed by atoms with van der Waals surface area (Å²) in [6.45, 7) is 3.11. The van der Waals surface area contributed by atoms with E-state index >= 15 is 0 Å². The number of hydrogen-bond acceptors (Lipinski definition) is 2. The minimum atomic E-state index is -0.778. The van der Waals surface area contributed by atoms with Crippen molar-refractivity contribution in [3.63, 3.8) is 0 Å². The molecule has 1 unspecified atom stereocenters. The zero-order chi connectivity index (χ0) is 18.0. The van der Waals surface area contributed by atoms with Gasteiger partial charge in [0.15, 0.2) is 0 Å². The molecular formula is C20H21F2NO2. The first-order valence-corrected chi connectivity index (χ1v) is 8.44. The average molecular weight is 345 g/mol. The predicted octanol–water partition coefficient (Wildman–Crippen LogP) is 4.16. The molecule has 3 nitrogen and oxygen atoms in total. The van der Waals surface area contributed by atoms with Crippen LogP contribution in [0.5, 0.6) is 0 Å². The largest absolute Gasteiger partial charge is 0.481 e. The van der Waals surface area contributed by atoms with E-state index in [1.54, 1.807) is 0 Å². The monoisotopic (exact) mass is 345 g/mol. The van der Waals surface area contributed by atoms with Gasteiger partial charge >= 0.3 is 5.97 Å². The van der Waals surface area contributed by atoms with Crippen molar-refractivity contribution in [2.24, 2.45) is 5.92 Å². The first kappa shape index (κ1) is 17.5. The van der Waals surface area contributed by atoms with E-state index in [0.29, 0.717) is 31.5 Å². The number of hydrogen-bond donors (Lipinski definition) is 1. The maximum absolute atomic E-state index is 14.5. The highest BCUT2D eigenvalue weighted by molar-refractivity contribution is 5.70. The number of likely N-dealkylation sites (tertiary alicyclic amines) is 1. The van der Waals surface area contributed by atoms with Crippen LogP contribution < -0.4 is 0 Å². The van der Waals surface area contributed by atoms with E-state index in [1.807, 2.05) is 31.2 Å². The number of carboxylic acids is 1. The summed E-state index contributed by atoms with van der Waals surface area (Å²) in [7, 11) is 0. The van der Waals surface area contributed by atoms with Gasteiger partial charge in [0.25, 0.3) is 0 Å². The second-order valence-corrected chi connectivity index (χ2v) is 6.63. The van der Waals surface area contributed by atoms with Gasteiger partial charge in [-0.05, 0) is 44.5 Å².